The zero-order valence-electron chi connectivity index (χ0n) is 20.8. The number of piperidine rings is 1. The zero-order valence-corrected chi connectivity index (χ0v) is 20.8. The van der Waals surface area contributed by atoms with Crippen molar-refractivity contribution in [3.05, 3.63) is 65.2 Å². The molecule has 37 heavy (non-hydrogen) atoms. The van der Waals surface area contributed by atoms with Gasteiger partial charge in [0.25, 0.3) is 5.91 Å². The molecule has 0 radical (unpaired) electrons. The summed E-state index contributed by atoms with van der Waals surface area (Å²) in [5, 5.41) is 35.4. The van der Waals surface area contributed by atoms with Crippen LogP contribution in [-0.4, -0.2) is 72.0 Å². The Kier molecular flexibility index (Phi) is 10.3. The smallest absolute Gasteiger partial charge is 0.340 e. The van der Waals surface area contributed by atoms with Crippen molar-refractivity contribution in [2.24, 2.45) is 0 Å². The first-order chi connectivity index (χ1) is 17.8. The van der Waals surface area contributed by atoms with Crippen molar-refractivity contribution < 1.29 is 29.3 Å². The SMILES string of the molecule is CC(NC(=O)c1ccc(CNCCC=N)cc1)C(=O)C(OC1CCNCC1c1ccc(O)cc1)C(=O)O. The van der Waals surface area contributed by atoms with E-state index in [9.17, 15) is 24.6 Å². The molecular formula is C27H34N4O6. The van der Waals surface area contributed by atoms with E-state index >= 15 is 0 Å². The monoisotopic (exact) mass is 510 g/mol. The molecule has 1 heterocycles. The fourth-order valence-electron chi connectivity index (χ4n) is 4.23. The van der Waals surface area contributed by atoms with Gasteiger partial charge in [-0.1, -0.05) is 24.3 Å². The molecule has 0 saturated carbocycles. The van der Waals surface area contributed by atoms with Crippen LogP contribution in [0, 0.1) is 5.41 Å². The molecule has 6 N–H and O–H groups in total. The van der Waals surface area contributed by atoms with Gasteiger partial charge in [0.15, 0.2) is 5.78 Å². The Hall–Kier alpha value is -3.60. The van der Waals surface area contributed by atoms with E-state index in [1.54, 1.807) is 48.5 Å². The molecule has 2 aromatic rings. The van der Waals surface area contributed by atoms with E-state index in [2.05, 4.69) is 16.0 Å². The van der Waals surface area contributed by atoms with E-state index in [-0.39, 0.29) is 11.7 Å². The van der Waals surface area contributed by atoms with Crippen LogP contribution in [0.4, 0.5) is 0 Å². The number of carboxylic acids is 1. The van der Waals surface area contributed by atoms with Gasteiger partial charge in [0.05, 0.1) is 12.1 Å². The van der Waals surface area contributed by atoms with Gasteiger partial charge in [0.1, 0.15) is 5.75 Å². The predicted molar refractivity (Wildman–Crippen MR) is 138 cm³/mol. The lowest BCUT2D eigenvalue weighted by Gasteiger charge is -2.34. The third-order valence-electron chi connectivity index (χ3n) is 6.32. The topological polar surface area (TPSA) is 161 Å². The van der Waals surface area contributed by atoms with Crippen molar-refractivity contribution in [2.45, 2.75) is 50.5 Å². The summed E-state index contributed by atoms with van der Waals surface area (Å²) in [5.74, 6) is -2.72. The molecule has 198 valence electrons. The summed E-state index contributed by atoms with van der Waals surface area (Å²) in [6, 6.07) is 12.4. The van der Waals surface area contributed by atoms with Crippen LogP contribution in [0.25, 0.3) is 0 Å². The minimum atomic E-state index is -1.73. The number of hydrogen-bond acceptors (Lipinski definition) is 8. The number of benzene rings is 2. The largest absolute Gasteiger partial charge is 0.508 e. The highest BCUT2D eigenvalue weighted by Gasteiger charge is 2.37. The fraction of sp³-hybridized carbons (Fsp3) is 0.407. The van der Waals surface area contributed by atoms with E-state index in [0.29, 0.717) is 44.6 Å². The van der Waals surface area contributed by atoms with Crippen molar-refractivity contribution in [1.29, 1.82) is 5.41 Å². The number of carboxylic acid groups (broad SMARTS) is 1. The standard InChI is InChI=1S/C27H34N4O6/c1-17(31-26(34)20-5-3-18(4-6-20)15-29-13-2-12-28)24(33)25(27(35)36)37-23-11-14-30-16-22(23)19-7-9-21(32)10-8-19/h3-10,12,17,22-23,25,28-30,32H,2,11,13-16H2,1H3,(H,31,34)(H,35,36). The first kappa shape index (κ1) is 28.0. The Morgan fingerprint density at radius 3 is 2.51 bits per heavy atom. The number of phenolic OH excluding ortho intramolecular Hbond substituents is 1. The Balaban J connectivity index is 1.61. The Bertz CT molecular complexity index is 1070. The molecule has 10 nitrogen and oxygen atoms in total. The van der Waals surface area contributed by atoms with Crippen LogP contribution in [0.2, 0.25) is 0 Å². The number of nitrogens with one attached hydrogen (secondary N) is 4. The molecule has 10 heteroatoms. The van der Waals surface area contributed by atoms with Crippen molar-refractivity contribution in [1.82, 2.24) is 16.0 Å². The summed E-state index contributed by atoms with van der Waals surface area (Å²) in [6.07, 6.45) is 0.226. The number of hydrogen-bond donors (Lipinski definition) is 6. The van der Waals surface area contributed by atoms with Crippen molar-refractivity contribution in [2.75, 3.05) is 19.6 Å². The summed E-state index contributed by atoms with van der Waals surface area (Å²) >= 11 is 0. The fourth-order valence-corrected chi connectivity index (χ4v) is 4.23. The second-order valence-electron chi connectivity index (χ2n) is 9.05. The van der Waals surface area contributed by atoms with E-state index in [4.69, 9.17) is 10.1 Å². The molecule has 1 aliphatic rings. The lowest BCUT2D eigenvalue weighted by Crippen LogP contribution is -2.50. The number of phenols is 1. The van der Waals surface area contributed by atoms with Crippen LogP contribution in [0.1, 0.15) is 47.2 Å². The summed E-state index contributed by atoms with van der Waals surface area (Å²) in [7, 11) is 0. The van der Waals surface area contributed by atoms with Crippen molar-refractivity contribution in [3.8, 4) is 5.75 Å². The average Bonchev–Trinajstić information content (AvgIpc) is 2.90. The molecule has 2 aromatic carbocycles. The van der Waals surface area contributed by atoms with Gasteiger partial charge in [-0.3, -0.25) is 9.59 Å². The van der Waals surface area contributed by atoms with Gasteiger partial charge in [0.2, 0.25) is 6.10 Å². The molecule has 0 aromatic heterocycles. The van der Waals surface area contributed by atoms with Gasteiger partial charge in [-0.25, -0.2) is 4.79 Å². The molecule has 1 aliphatic heterocycles. The number of carbonyl (C=O) groups excluding carboxylic acids is 2. The number of ketones is 1. The molecule has 0 aliphatic carbocycles. The van der Waals surface area contributed by atoms with Crippen LogP contribution in [0.15, 0.2) is 48.5 Å². The highest BCUT2D eigenvalue weighted by atomic mass is 16.5. The highest BCUT2D eigenvalue weighted by molar-refractivity contribution is 6.06. The number of amides is 1. The number of aromatic hydroxyl groups is 1. The summed E-state index contributed by atoms with van der Waals surface area (Å²) in [6.45, 7) is 3.88. The second-order valence-corrected chi connectivity index (χ2v) is 9.05. The Morgan fingerprint density at radius 2 is 1.86 bits per heavy atom. The first-order valence-corrected chi connectivity index (χ1v) is 12.3. The third-order valence-corrected chi connectivity index (χ3v) is 6.32. The quantitative estimate of drug-likeness (QED) is 0.135. The maximum Gasteiger partial charge on any atom is 0.340 e. The van der Waals surface area contributed by atoms with E-state index < -0.39 is 35.9 Å². The summed E-state index contributed by atoms with van der Waals surface area (Å²) < 4.78 is 5.87. The van der Waals surface area contributed by atoms with Crippen molar-refractivity contribution in [3.63, 3.8) is 0 Å². The summed E-state index contributed by atoms with van der Waals surface area (Å²) in [5.41, 5.74) is 2.18. The van der Waals surface area contributed by atoms with Gasteiger partial charge < -0.3 is 36.3 Å². The van der Waals surface area contributed by atoms with Crippen LogP contribution in [0.5, 0.6) is 5.75 Å². The minimum Gasteiger partial charge on any atom is -0.508 e. The lowest BCUT2D eigenvalue weighted by atomic mass is 9.88. The maximum absolute atomic E-state index is 13.0. The number of carbonyl (C=O) groups is 3. The van der Waals surface area contributed by atoms with Crippen LogP contribution < -0.4 is 16.0 Å². The van der Waals surface area contributed by atoms with E-state index in [1.165, 1.54) is 13.1 Å². The first-order valence-electron chi connectivity index (χ1n) is 12.3. The second kappa shape index (κ2) is 13.6. The number of ether oxygens (including phenoxy) is 1. The lowest BCUT2D eigenvalue weighted by molar-refractivity contribution is -0.163. The number of rotatable bonds is 13. The van der Waals surface area contributed by atoms with Crippen molar-refractivity contribution >= 4 is 23.9 Å². The van der Waals surface area contributed by atoms with Crippen LogP contribution in [0.3, 0.4) is 0 Å². The normalized spacial score (nSPS) is 18.9. The van der Waals surface area contributed by atoms with Gasteiger partial charge in [0, 0.05) is 31.1 Å². The molecule has 4 unspecified atom stereocenters. The Morgan fingerprint density at radius 1 is 1.16 bits per heavy atom. The Labute approximate surface area is 215 Å². The molecule has 1 fully saturated rings. The van der Waals surface area contributed by atoms with Gasteiger partial charge in [-0.05, 0) is 67.9 Å². The summed E-state index contributed by atoms with van der Waals surface area (Å²) in [4.78, 5) is 37.7. The minimum absolute atomic E-state index is 0.124. The molecular weight excluding hydrogens is 476 g/mol. The zero-order chi connectivity index (χ0) is 26.8. The molecule has 4 atom stereocenters. The van der Waals surface area contributed by atoms with E-state index in [0.717, 1.165) is 11.1 Å². The van der Waals surface area contributed by atoms with E-state index in [1.807, 2.05) is 0 Å². The molecule has 1 amide bonds. The maximum atomic E-state index is 13.0. The van der Waals surface area contributed by atoms with Gasteiger partial charge >= 0.3 is 5.97 Å². The number of aliphatic carboxylic acids is 1. The average molecular weight is 511 g/mol. The number of Topliss-reactive ketones (excluding diaryl/α,β-unsaturated/α-hetero) is 1. The highest BCUT2D eigenvalue weighted by Crippen LogP contribution is 2.28. The molecule has 3 rings (SSSR count). The van der Waals surface area contributed by atoms with Gasteiger partial charge in [-0.2, -0.15) is 0 Å². The predicted octanol–water partition coefficient (Wildman–Crippen LogP) is 1.82. The van der Waals surface area contributed by atoms with Crippen LogP contribution in [-0.2, 0) is 20.9 Å². The van der Waals surface area contributed by atoms with Gasteiger partial charge in [-0.15, -0.1) is 0 Å². The third kappa shape index (κ3) is 7.94. The molecule has 1 saturated heterocycles. The molecule has 0 bridgehead atoms. The van der Waals surface area contributed by atoms with Crippen LogP contribution >= 0.6 is 0 Å². The molecule has 0 spiro atoms.